The minimum Gasteiger partial charge on any atom is -0.492 e. The summed E-state index contributed by atoms with van der Waals surface area (Å²) in [4.78, 5) is 10.3. The number of carbonyl (C=O) groups excluding carboxylic acids is 1. The van der Waals surface area contributed by atoms with Gasteiger partial charge in [-0.15, -0.1) is 0 Å². The van der Waals surface area contributed by atoms with Crippen LogP contribution in [0.15, 0.2) is 6.07 Å². The molecule has 3 nitrogen and oxygen atoms in total. The summed E-state index contributed by atoms with van der Waals surface area (Å²) in [5.74, 6) is 0.0463. The number of hydrogen-bond donors (Lipinski definition) is 0. The van der Waals surface area contributed by atoms with E-state index in [2.05, 4.69) is 0 Å². The van der Waals surface area contributed by atoms with Gasteiger partial charge in [0.1, 0.15) is 6.29 Å². The number of halogens is 1. The Morgan fingerprint density at radius 2 is 1.94 bits per heavy atom. The van der Waals surface area contributed by atoms with Crippen LogP contribution in [-0.2, 0) is 11.2 Å². The van der Waals surface area contributed by atoms with Crippen molar-refractivity contribution in [2.24, 2.45) is 0 Å². The molecule has 1 rings (SSSR count). The van der Waals surface area contributed by atoms with Crippen molar-refractivity contribution < 1.29 is 18.7 Å². The third-order valence-corrected chi connectivity index (χ3v) is 2.38. The minimum absolute atomic E-state index is 0.100. The number of hydrogen-bond acceptors (Lipinski definition) is 3. The largest absolute Gasteiger partial charge is 0.492 e. The van der Waals surface area contributed by atoms with Crippen LogP contribution in [0.5, 0.6) is 11.5 Å². The second kappa shape index (κ2) is 5.49. The number of rotatable bonds is 5. The first-order chi connectivity index (χ1) is 7.65. The SMILES string of the molecule is COc1c(C)cc(CCC=O)c(F)c1OC. The Bertz CT molecular complexity index is 388. The van der Waals surface area contributed by atoms with Crippen LogP contribution in [0.4, 0.5) is 4.39 Å². The van der Waals surface area contributed by atoms with E-state index in [1.165, 1.54) is 14.2 Å². The summed E-state index contributed by atoms with van der Waals surface area (Å²) in [6.07, 6.45) is 1.44. The first-order valence-electron chi connectivity index (χ1n) is 4.99. The van der Waals surface area contributed by atoms with Crippen molar-refractivity contribution >= 4 is 6.29 Å². The van der Waals surface area contributed by atoms with Gasteiger partial charge in [-0.1, -0.05) is 0 Å². The van der Waals surface area contributed by atoms with E-state index in [-0.39, 0.29) is 5.75 Å². The Balaban J connectivity index is 3.22. The quantitative estimate of drug-likeness (QED) is 0.722. The van der Waals surface area contributed by atoms with Crippen molar-refractivity contribution in [2.45, 2.75) is 19.8 Å². The van der Waals surface area contributed by atoms with Crippen LogP contribution >= 0.6 is 0 Å². The molecule has 0 aliphatic carbocycles. The number of benzene rings is 1. The molecule has 0 unspecified atom stereocenters. The summed E-state index contributed by atoms with van der Waals surface area (Å²) in [7, 11) is 2.86. The lowest BCUT2D eigenvalue weighted by atomic mass is 10.0. The molecule has 0 aliphatic heterocycles. The Kier molecular flexibility index (Phi) is 4.28. The number of aryl methyl sites for hydroxylation is 2. The molecule has 0 spiro atoms. The molecule has 0 atom stereocenters. The van der Waals surface area contributed by atoms with Gasteiger partial charge >= 0.3 is 0 Å². The molecular formula is C12H15FO3. The minimum atomic E-state index is -0.452. The third-order valence-electron chi connectivity index (χ3n) is 2.38. The number of ether oxygens (including phenoxy) is 2. The molecule has 1 aromatic rings. The molecule has 0 bridgehead atoms. The van der Waals surface area contributed by atoms with Crippen molar-refractivity contribution in [1.82, 2.24) is 0 Å². The Morgan fingerprint density at radius 3 is 2.44 bits per heavy atom. The summed E-state index contributed by atoms with van der Waals surface area (Å²) in [6, 6.07) is 1.68. The van der Waals surface area contributed by atoms with E-state index >= 15 is 0 Å². The molecule has 16 heavy (non-hydrogen) atoms. The molecular weight excluding hydrogens is 211 g/mol. The van der Waals surface area contributed by atoms with Crippen LogP contribution in [0.3, 0.4) is 0 Å². The smallest absolute Gasteiger partial charge is 0.197 e. The molecule has 0 saturated heterocycles. The molecule has 1 aromatic carbocycles. The predicted molar refractivity (Wildman–Crippen MR) is 58.6 cm³/mol. The lowest BCUT2D eigenvalue weighted by Gasteiger charge is -2.14. The van der Waals surface area contributed by atoms with Gasteiger partial charge in [0.15, 0.2) is 17.3 Å². The number of aldehydes is 1. The second-order valence-corrected chi connectivity index (χ2v) is 3.44. The molecule has 0 aliphatic rings. The monoisotopic (exact) mass is 226 g/mol. The fourth-order valence-corrected chi connectivity index (χ4v) is 1.65. The van der Waals surface area contributed by atoms with Crippen LogP contribution in [0, 0.1) is 12.7 Å². The molecule has 4 heteroatoms. The fourth-order valence-electron chi connectivity index (χ4n) is 1.65. The molecule has 88 valence electrons. The maximum absolute atomic E-state index is 13.9. The van der Waals surface area contributed by atoms with Crippen molar-refractivity contribution in [2.75, 3.05) is 14.2 Å². The Labute approximate surface area is 94.2 Å². The van der Waals surface area contributed by atoms with Crippen molar-refractivity contribution in [3.63, 3.8) is 0 Å². The molecule has 0 amide bonds. The van der Waals surface area contributed by atoms with Crippen LogP contribution in [0.2, 0.25) is 0 Å². The van der Waals surface area contributed by atoms with Crippen LogP contribution in [0.1, 0.15) is 17.5 Å². The van der Waals surface area contributed by atoms with E-state index in [9.17, 15) is 9.18 Å². The lowest BCUT2D eigenvalue weighted by molar-refractivity contribution is -0.107. The second-order valence-electron chi connectivity index (χ2n) is 3.44. The highest BCUT2D eigenvalue weighted by atomic mass is 19.1. The van der Waals surface area contributed by atoms with E-state index in [1.807, 2.05) is 6.92 Å². The zero-order valence-corrected chi connectivity index (χ0v) is 9.67. The summed E-state index contributed by atoms with van der Waals surface area (Å²) in [5.41, 5.74) is 1.27. The topological polar surface area (TPSA) is 35.5 Å². The average molecular weight is 226 g/mol. The normalized spacial score (nSPS) is 10.0. The molecule has 0 aromatic heterocycles. The van der Waals surface area contributed by atoms with E-state index < -0.39 is 5.82 Å². The highest BCUT2D eigenvalue weighted by molar-refractivity contribution is 5.53. The van der Waals surface area contributed by atoms with Crippen LogP contribution < -0.4 is 9.47 Å². The van der Waals surface area contributed by atoms with E-state index in [0.717, 1.165) is 11.8 Å². The maximum Gasteiger partial charge on any atom is 0.197 e. The predicted octanol–water partition coefficient (Wildman–Crippen LogP) is 2.28. The molecule has 0 radical (unpaired) electrons. The van der Waals surface area contributed by atoms with Crippen molar-refractivity contribution in [3.05, 3.63) is 23.0 Å². The van der Waals surface area contributed by atoms with E-state index in [1.54, 1.807) is 6.07 Å². The van der Waals surface area contributed by atoms with Gasteiger partial charge in [-0.2, -0.15) is 0 Å². The van der Waals surface area contributed by atoms with Gasteiger partial charge in [0.2, 0.25) is 0 Å². The Hall–Kier alpha value is -1.58. The highest BCUT2D eigenvalue weighted by Crippen LogP contribution is 2.35. The van der Waals surface area contributed by atoms with Gasteiger partial charge in [0.25, 0.3) is 0 Å². The Morgan fingerprint density at radius 1 is 1.31 bits per heavy atom. The lowest BCUT2D eigenvalue weighted by Crippen LogP contribution is -2.01. The number of methoxy groups -OCH3 is 2. The molecule has 0 fully saturated rings. The van der Waals surface area contributed by atoms with Gasteiger partial charge in [-0.25, -0.2) is 4.39 Å². The summed E-state index contributed by atoms with van der Waals surface area (Å²) < 4.78 is 24.0. The number of carbonyl (C=O) groups is 1. The van der Waals surface area contributed by atoms with Crippen molar-refractivity contribution in [1.29, 1.82) is 0 Å². The van der Waals surface area contributed by atoms with E-state index in [4.69, 9.17) is 9.47 Å². The standard InChI is InChI=1S/C12H15FO3/c1-8-7-9(5-4-6-14)10(13)12(16-3)11(8)15-2/h6-7H,4-5H2,1-3H3. The average Bonchev–Trinajstić information content (AvgIpc) is 2.29. The first kappa shape index (κ1) is 12.5. The molecule has 0 N–H and O–H groups in total. The van der Waals surface area contributed by atoms with Gasteiger partial charge < -0.3 is 14.3 Å². The van der Waals surface area contributed by atoms with Crippen LogP contribution in [0.25, 0.3) is 0 Å². The van der Waals surface area contributed by atoms with E-state index in [0.29, 0.717) is 24.2 Å². The van der Waals surface area contributed by atoms with Crippen LogP contribution in [-0.4, -0.2) is 20.5 Å². The van der Waals surface area contributed by atoms with Gasteiger partial charge in [0, 0.05) is 6.42 Å². The zero-order chi connectivity index (χ0) is 12.1. The summed E-state index contributed by atoms with van der Waals surface area (Å²) >= 11 is 0. The summed E-state index contributed by atoms with van der Waals surface area (Å²) in [5, 5.41) is 0. The van der Waals surface area contributed by atoms with Gasteiger partial charge in [-0.05, 0) is 30.5 Å². The van der Waals surface area contributed by atoms with Gasteiger partial charge in [-0.3, -0.25) is 0 Å². The highest BCUT2D eigenvalue weighted by Gasteiger charge is 2.17. The third kappa shape index (κ3) is 2.32. The van der Waals surface area contributed by atoms with Crippen molar-refractivity contribution in [3.8, 4) is 11.5 Å². The fraction of sp³-hybridized carbons (Fsp3) is 0.417. The maximum atomic E-state index is 13.9. The molecule has 0 saturated carbocycles. The first-order valence-corrected chi connectivity index (χ1v) is 4.99. The van der Waals surface area contributed by atoms with Gasteiger partial charge in [0.05, 0.1) is 14.2 Å². The molecule has 0 heterocycles. The summed E-state index contributed by atoms with van der Waals surface area (Å²) in [6.45, 7) is 1.81. The zero-order valence-electron chi connectivity index (χ0n) is 9.67.